The number of rotatable bonds is 6. The Morgan fingerprint density at radius 1 is 1.40 bits per heavy atom. The van der Waals surface area contributed by atoms with Crippen LogP contribution in [0, 0.1) is 24.2 Å². The summed E-state index contributed by atoms with van der Waals surface area (Å²) < 4.78 is 1.99. The van der Waals surface area contributed by atoms with Gasteiger partial charge in [-0.2, -0.15) is 5.10 Å². The Labute approximate surface area is 127 Å². The monoisotopic (exact) mass is 295 g/mol. The molecule has 1 aromatic heterocycles. The third kappa shape index (κ3) is 2.62. The van der Waals surface area contributed by atoms with Gasteiger partial charge in [0.1, 0.15) is 0 Å². The topological polar surface area (TPSA) is 29.9 Å². The third-order valence-corrected chi connectivity index (χ3v) is 5.68. The van der Waals surface area contributed by atoms with Crippen LogP contribution < -0.4 is 5.32 Å². The molecule has 3 nitrogen and oxygen atoms in total. The quantitative estimate of drug-likeness (QED) is 0.816. The summed E-state index contributed by atoms with van der Waals surface area (Å²) in [7, 11) is 2.02. The number of halogens is 1. The molecule has 1 heterocycles. The fraction of sp³-hybridized carbons (Fsp3) is 0.812. The molecule has 1 aromatic rings. The lowest BCUT2D eigenvalue weighted by Crippen LogP contribution is -2.36. The van der Waals surface area contributed by atoms with Gasteiger partial charge in [0.15, 0.2) is 0 Å². The van der Waals surface area contributed by atoms with Crippen molar-refractivity contribution in [3.05, 3.63) is 16.4 Å². The average molecular weight is 296 g/mol. The van der Waals surface area contributed by atoms with Crippen LogP contribution in [0.5, 0.6) is 0 Å². The van der Waals surface area contributed by atoms with Crippen LogP contribution in [0.2, 0.25) is 5.02 Å². The average Bonchev–Trinajstić information content (AvgIpc) is 2.96. The molecule has 2 atom stereocenters. The highest BCUT2D eigenvalue weighted by molar-refractivity contribution is 6.31. The van der Waals surface area contributed by atoms with Crippen LogP contribution in [0.3, 0.4) is 0 Å². The molecular weight excluding hydrogens is 270 g/mol. The molecule has 0 aliphatic heterocycles. The van der Waals surface area contributed by atoms with Gasteiger partial charge in [-0.1, -0.05) is 18.5 Å². The zero-order valence-corrected chi connectivity index (χ0v) is 13.6. The van der Waals surface area contributed by atoms with E-state index in [0.29, 0.717) is 5.41 Å². The molecule has 2 saturated carbocycles. The molecule has 2 unspecified atom stereocenters. The van der Waals surface area contributed by atoms with Crippen molar-refractivity contribution in [2.24, 2.45) is 24.3 Å². The van der Waals surface area contributed by atoms with Crippen LogP contribution in [0.15, 0.2) is 0 Å². The molecule has 20 heavy (non-hydrogen) atoms. The summed E-state index contributed by atoms with van der Waals surface area (Å²) in [5.41, 5.74) is 2.60. The van der Waals surface area contributed by atoms with Gasteiger partial charge in [0.25, 0.3) is 0 Å². The first kappa shape index (κ1) is 14.4. The number of nitrogens with one attached hydrogen (secondary N) is 1. The minimum Gasteiger partial charge on any atom is -0.316 e. The zero-order valence-electron chi connectivity index (χ0n) is 12.9. The van der Waals surface area contributed by atoms with E-state index in [1.54, 1.807) is 0 Å². The number of aromatic nitrogens is 2. The van der Waals surface area contributed by atoms with Crippen molar-refractivity contribution in [1.29, 1.82) is 0 Å². The SMILES string of the molecule is CCCNCC1(Cc2c(Cl)c(C)nn2C)CC2CC2C1. The summed E-state index contributed by atoms with van der Waals surface area (Å²) in [5, 5.41) is 9.00. The van der Waals surface area contributed by atoms with Crippen molar-refractivity contribution in [1.82, 2.24) is 15.1 Å². The van der Waals surface area contributed by atoms with Crippen molar-refractivity contribution < 1.29 is 0 Å². The smallest absolute Gasteiger partial charge is 0.0847 e. The Hall–Kier alpha value is -0.540. The highest BCUT2D eigenvalue weighted by atomic mass is 35.5. The second kappa shape index (κ2) is 5.34. The van der Waals surface area contributed by atoms with Crippen LogP contribution in [-0.2, 0) is 13.5 Å². The van der Waals surface area contributed by atoms with Gasteiger partial charge in [0.05, 0.1) is 16.4 Å². The molecule has 2 fully saturated rings. The largest absolute Gasteiger partial charge is 0.316 e. The third-order valence-electron chi connectivity index (χ3n) is 5.19. The molecule has 3 rings (SSSR count). The fourth-order valence-electron chi connectivity index (χ4n) is 4.11. The van der Waals surface area contributed by atoms with E-state index in [9.17, 15) is 0 Å². The molecule has 2 aliphatic carbocycles. The number of fused-ring (bicyclic) bond motifs is 1. The number of hydrogen-bond acceptors (Lipinski definition) is 2. The van der Waals surface area contributed by atoms with Crippen LogP contribution in [0.1, 0.15) is 44.0 Å². The molecule has 0 saturated heterocycles. The van der Waals surface area contributed by atoms with Crippen molar-refractivity contribution in [2.45, 2.75) is 46.0 Å². The molecule has 0 amide bonds. The predicted molar refractivity (Wildman–Crippen MR) is 83.1 cm³/mol. The van der Waals surface area contributed by atoms with Crippen LogP contribution in [0.4, 0.5) is 0 Å². The predicted octanol–water partition coefficient (Wildman–Crippen LogP) is 3.34. The summed E-state index contributed by atoms with van der Waals surface area (Å²) in [5.74, 6) is 1.98. The number of nitrogens with zero attached hydrogens (tertiary/aromatic N) is 2. The first-order valence-corrected chi connectivity index (χ1v) is 8.31. The summed E-state index contributed by atoms with van der Waals surface area (Å²) in [6, 6.07) is 0. The van der Waals surface area contributed by atoms with Crippen LogP contribution >= 0.6 is 11.6 Å². The Morgan fingerprint density at radius 3 is 2.65 bits per heavy atom. The highest BCUT2D eigenvalue weighted by Gasteiger charge is 2.53. The molecular formula is C16H26ClN3. The van der Waals surface area contributed by atoms with Gasteiger partial charge < -0.3 is 5.32 Å². The van der Waals surface area contributed by atoms with E-state index >= 15 is 0 Å². The van der Waals surface area contributed by atoms with Crippen molar-refractivity contribution in [3.63, 3.8) is 0 Å². The van der Waals surface area contributed by atoms with Gasteiger partial charge in [0, 0.05) is 13.6 Å². The Bertz CT molecular complexity index is 484. The van der Waals surface area contributed by atoms with Gasteiger partial charge >= 0.3 is 0 Å². The van der Waals surface area contributed by atoms with E-state index in [0.717, 1.165) is 42.1 Å². The van der Waals surface area contributed by atoms with Crippen molar-refractivity contribution in [3.8, 4) is 0 Å². The van der Waals surface area contributed by atoms with Gasteiger partial charge in [-0.3, -0.25) is 4.68 Å². The van der Waals surface area contributed by atoms with Crippen LogP contribution in [0.25, 0.3) is 0 Å². The first-order valence-electron chi connectivity index (χ1n) is 7.93. The zero-order chi connectivity index (χ0) is 14.3. The van der Waals surface area contributed by atoms with E-state index in [2.05, 4.69) is 17.3 Å². The number of aryl methyl sites for hydroxylation is 2. The van der Waals surface area contributed by atoms with E-state index in [1.165, 1.54) is 31.4 Å². The second-order valence-corrected chi connectivity index (χ2v) is 7.37. The first-order chi connectivity index (χ1) is 9.54. The Balaban J connectivity index is 1.76. The molecule has 0 radical (unpaired) electrons. The summed E-state index contributed by atoms with van der Waals surface area (Å²) in [6.07, 6.45) is 6.49. The minimum atomic E-state index is 0.409. The molecule has 4 heteroatoms. The van der Waals surface area contributed by atoms with E-state index < -0.39 is 0 Å². The standard InChI is InChI=1S/C16H26ClN3/c1-4-5-18-10-16(7-12-6-13(12)8-16)9-14-15(17)11(2)19-20(14)3/h12-13,18H,4-10H2,1-3H3. The van der Waals surface area contributed by atoms with Gasteiger partial charge in [0.2, 0.25) is 0 Å². The lowest BCUT2D eigenvalue weighted by molar-refractivity contribution is 0.244. The van der Waals surface area contributed by atoms with Crippen molar-refractivity contribution in [2.75, 3.05) is 13.1 Å². The normalized spacial score (nSPS) is 31.6. The molecule has 112 valence electrons. The fourth-order valence-corrected chi connectivity index (χ4v) is 4.34. The molecule has 0 aromatic carbocycles. The van der Waals surface area contributed by atoms with Crippen LogP contribution in [-0.4, -0.2) is 22.9 Å². The minimum absolute atomic E-state index is 0.409. The lowest BCUT2D eigenvalue weighted by atomic mass is 9.78. The van der Waals surface area contributed by atoms with Gasteiger partial charge in [-0.05, 0) is 62.8 Å². The van der Waals surface area contributed by atoms with E-state index in [-0.39, 0.29) is 0 Å². The summed E-state index contributed by atoms with van der Waals surface area (Å²) in [4.78, 5) is 0. The highest BCUT2D eigenvalue weighted by Crippen LogP contribution is 2.60. The molecule has 0 spiro atoms. The maximum Gasteiger partial charge on any atom is 0.0847 e. The van der Waals surface area contributed by atoms with E-state index in [4.69, 9.17) is 11.6 Å². The maximum absolute atomic E-state index is 6.46. The summed E-state index contributed by atoms with van der Waals surface area (Å²) in [6.45, 7) is 6.48. The van der Waals surface area contributed by atoms with Gasteiger partial charge in [-0.15, -0.1) is 0 Å². The van der Waals surface area contributed by atoms with Crippen molar-refractivity contribution >= 4 is 11.6 Å². The Kier molecular flexibility index (Phi) is 3.85. The molecule has 1 N–H and O–H groups in total. The maximum atomic E-state index is 6.46. The Morgan fingerprint density at radius 2 is 2.10 bits per heavy atom. The molecule has 0 bridgehead atoms. The second-order valence-electron chi connectivity index (χ2n) is 6.99. The summed E-state index contributed by atoms with van der Waals surface area (Å²) >= 11 is 6.46. The molecule has 2 aliphatic rings. The van der Waals surface area contributed by atoms with Gasteiger partial charge in [-0.25, -0.2) is 0 Å². The number of hydrogen-bond donors (Lipinski definition) is 1. The lowest BCUT2D eigenvalue weighted by Gasteiger charge is -2.31. The van der Waals surface area contributed by atoms with E-state index in [1.807, 2.05) is 18.7 Å².